The fourth-order valence-corrected chi connectivity index (χ4v) is 1.23. The SMILES string of the molecule is Brc1cnc2cc[c]cn12. The van der Waals surface area contributed by atoms with Gasteiger partial charge in [-0.3, -0.25) is 4.40 Å². The molecule has 0 aromatic carbocycles. The molecule has 0 amide bonds. The second-order valence-electron chi connectivity index (χ2n) is 1.94. The minimum Gasteiger partial charge on any atom is -0.294 e. The second-order valence-corrected chi connectivity index (χ2v) is 2.75. The molecule has 10 heavy (non-hydrogen) atoms. The van der Waals surface area contributed by atoms with E-state index in [-0.39, 0.29) is 0 Å². The van der Waals surface area contributed by atoms with Crippen LogP contribution in [-0.2, 0) is 0 Å². The van der Waals surface area contributed by atoms with Crippen molar-refractivity contribution in [3.8, 4) is 0 Å². The number of hydrogen-bond acceptors (Lipinski definition) is 1. The van der Waals surface area contributed by atoms with Crippen LogP contribution in [-0.4, -0.2) is 9.38 Å². The molecule has 0 aliphatic rings. The van der Waals surface area contributed by atoms with Crippen LogP contribution in [0.2, 0.25) is 0 Å². The first-order valence-corrected chi connectivity index (χ1v) is 3.66. The van der Waals surface area contributed by atoms with Crippen LogP contribution in [0.1, 0.15) is 0 Å². The maximum absolute atomic E-state index is 4.11. The average molecular weight is 196 g/mol. The summed E-state index contributed by atoms with van der Waals surface area (Å²) in [5.41, 5.74) is 0.936. The summed E-state index contributed by atoms with van der Waals surface area (Å²) in [5, 5.41) is 0. The Morgan fingerprint density at radius 1 is 1.60 bits per heavy atom. The number of nitrogens with zero attached hydrogens (tertiary/aromatic N) is 2. The molecule has 2 rings (SSSR count). The van der Waals surface area contributed by atoms with Crippen LogP contribution >= 0.6 is 15.9 Å². The molecule has 0 aliphatic carbocycles. The lowest BCUT2D eigenvalue weighted by Gasteiger charge is -1.89. The molecule has 0 N–H and O–H groups in total. The van der Waals surface area contributed by atoms with E-state index >= 15 is 0 Å². The third-order valence-electron chi connectivity index (χ3n) is 1.31. The summed E-state index contributed by atoms with van der Waals surface area (Å²) >= 11 is 3.35. The van der Waals surface area contributed by atoms with Gasteiger partial charge in [-0.1, -0.05) is 0 Å². The lowest BCUT2D eigenvalue weighted by Crippen LogP contribution is -1.80. The van der Waals surface area contributed by atoms with Gasteiger partial charge >= 0.3 is 0 Å². The van der Waals surface area contributed by atoms with E-state index in [9.17, 15) is 0 Å². The van der Waals surface area contributed by atoms with Gasteiger partial charge in [0.15, 0.2) is 0 Å². The van der Waals surface area contributed by atoms with Crippen LogP contribution in [0.25, 0.3) is 5.65 Å². The summed E-state index contributed by atoms with van der Waals surface area (Å²) < 4.78 is 2.87. The predicted octanol–water partition coefficient (Wildman–Crippen LogP) is 1.90. The first-order valence-electron chi connectivity index (χ1n) is 2.86. The van der Waals surface area contributed by atoms with Crippen LogP contribution in [0.5, 0.6) is 0 Å². The van der Waals surface area contributed by atoms with E-state index in [0.29, 0.717) is 0 Å². The van der Waals surface area contributed by atoms with Gasteiger partial charge in [0, 0.05) is 6.20 Å². The van der Waals surface area contributed by atoms with Crippen molar-refractivity contribution >= 4 is 21.6 Å². The van der Waals surface area contributed by atoms with Gasteiger partial charge in [0.2, 0.25) is 0 Å². The maximum Gasteiger partial charge on any atom is 0.137 e. The third kappa shape index (κ3) is 0.743. The normalized spacial score (nSPS) is 10.5. The summed E-state index contributed by atoms with van der Waals surface area (Å²) in [4.78, 5) is 4.11. The van der Waals surface area contributed by atoms with Crippen molar-refractivity contribution in [3.05, 3.63) is 35.2 Å². The molecule has 2 heterocycles. The summed E-state index contributed by atoms with van der Waals surface area (Å²) in [6, 6.07) is 6.70. The lowest BCUT2D eigenvalue weighted by molar-refractivity contribution is 1.15. The molecular formula is C7H4BrN2. The van der Waals surface area contributed by atoms with E-state index in [0.717, 1.165) is 10.3 Å². The predicted molar refractivity (Wildman–Crippen MR) is 41.7 cm³/mol. The number of hydrogen-bond donors (Lipinski definition) is 0. The Hall–Kier alpha value is -0.830. The first kappa shape index (κ1) is 5.92. The number of rotatable bonds is 0. The van der Waals surface area contributed by atoms with E-state index in [4.69, 9.17) is 0 Å². The maximum atomic E-state index is 4.11. The molecule has 2 nitrogen and oxygen atoms in total. The summed E-state index contributed by atoms with van der Waals surface area (Å²) in [5.74, 6) is 0. The topological polar surface area (TPSA) is 17.3 Å². The highest BCUT2D eigenvalue weighted by atomic mass is 79.9. The molecule has 0 bridgehead atoms. The third-order valence-corrected chi connectivity index (χ3v) is 1.90. The van der Waals surface area contributed by atoms with Crippen molar-refractivity contribution in [3.63, 3.8) is 0 Å². The van der Waals surface area contributed by atoms with E-state index in [1.165, 1.54) is 0 Å². The molecule has 3 heteroatoms. The fraction of sp³-hybridized carbons (Fsp3) is 0. The van der Waals surface area contributed by atoms with Crippen molar-refractivity contribution in [2.24, 2.45) is 0 Å². The second kappa shape index (κ2) is 2.09. The molecule has 1 radical (unpaired) electrons. The van der Waals surface area contributed by atoms with Gasteiger partial charge in [-0.15, -0.1) is 0 Å². The highest BCUT2D eigenvalue weighted by Crippen LogP contribution is 2.10. The fourth-order valence-electron chi connectivity index (χ4n) is 0.845. The molecular weight excluding hydrogens is 192 g/mol. The summed E-state index contributed by atoms with van der Waals surface area (Å²) in [7, 11) is 0. The van der Waals surface area contributed by atoms with E-state index in [2.05, 4.69) is 27.0 Å². The Morgan fingerprint density at radius 3 is 3.30 bits per heavy atom. The van der Waals surface area contributed by atoms with Crippen LogP contribution in [0.15, 0.2) is 29.1 Å². The minimum absolute atomic E-state index is 0.936. The minimum atomic E-state index is 0.936. The average Bonchev–Trinajstić information content (AvgIpc) is 2.34. The summed E-state index contributed by atoms with van der Waals surface area (Å²) in [6.45, 7) is 0. The monoisotopic (exact) mass is 195 g/mol. The largest absolute Gasteiger partial charge is 0.294 e. The van der Waals surface area contributed by atoms with Crippen LogP contribution in [0.4, 0.5) is 0 Å². The Labute approximate surface area is 66.6 Å². The van der Waals surface area contributed by atoms with Gasteiger partial charge in [0.05, 0.1) is 6.20 Å². The Morgan fingerprint density at radius 2 is 2.50 bits per heavy atom. The van der Waals surface area contributed by atoms with Crippen LogP contribution < -0.4 is 0 Å². The van der Waals surface area contributed by atoms with Crippen molar-refractivity contribution < 1.29 is 0 Å². The first-order chi connectivity index (χ1) is 4.88. The number of pyridine rings is 1. The van der Waals surface area contributed by atoms with Gasteiger partial charge in [0.25, 0.3) is 0 Å². The molecule has 0 fully saturated rings. The van der Waals surface area contributed by atoms with Crippen molar-refractivity contribution in [2.45, 2.75) is 0 Å². The van der Waals surface area contributed by atoms with Crippen LogP contribution in [0.3, 0.4) is 0 Å². The smallest absolute Gasteiger partial charge is 0.137 e. The zero-order valence-corrected chi connectivity index (χ0v) is 6.67. The Balaban J connectivity index is 2.93. The molecule has 0 saturated heterocycles. The molecule has 0 spiro atoms. The zero-order chi connectivity index (χ0) is 6.97. The molecule has 0 atom stereocenters. The number of fused-ring (bicyclic) bond motifs is 1. The van der Waals surface area contributed by atoms with Crippen molar-refractivity contribution in [1.82, 2.24) is 9.38 Å². The van der Waals surface area contributed by atoms with Gasteiger partial charge in [-0.25, -0.2) is 4.98 Å². The van der Waals surface area contributed by atoms with Gasteiger partial charge in [-0.05, 0) is 34.1 Å². The van der Waals surface area contributed by atoms with Gasteiger partial charge in [0.1, 0.15) is 10.3 Å². The molecule has 49 valence electrons. The highest BCUT2D eigenvalue weighted by molar-refractivity contribution is 9.10. The van der Waals surface area contributed by atoms with Crippen molar-refractivity contribution in [2.75, 3.05) is 0 Å². The van der Waals surface area contributed by atoms with Gasteiger partial charge < -0.3 is 0 Å². The quantitative estimate of drug-likeness (QED) is 0.628. The number of aromatic nitrogens is 2. The van der Waals surface area contributed by atoms with E-state index in [1.54, 1.807) is 6.20 Å². The zero-order valence-electron chi connectivity index (χ0n) is 5.08. The Kier molecular flexibility index (Phi) is 1.24. The van der Waals surface area contributed by atoms with Gasteiger partial charge in [-0.2, -0.15) is 0 Å². The molecule has 0 aliphatic heterocycles. The Bertz CT molecular complexity index is 353. The standard InChI is InChI=1S/C7H4BrN2/c8-6-5-9-7-3-1-2-4-10(6)7/h1,3-5H. The van der Waals surface area contributed by atoms with Crippen molar-refractivity contribution in [1.29, 1.82) is 0 Å². The molecule has 0 saturated carbocycles. The van der Waals surface area contributed by atoms with E-state index < -0.39 is 0 Å². The van der Waals surface area contributed by atoms with Crippen LogP contribution in [0, 0.1) is 6.07 Å². The molecule has 2 aromatic heterocycles. The molecule has 0 unspecified atom stereocenters. The summed E-state index contributed by atoms with van der Waals surface area (Å²) in [6.07, 6.45) is 3.61. The number of halogens is 1. The molecule has 2 aromatic rings. The van der Waals surface area contributed by atoms with E-state index in [1.807, 2.05) is 22.7 Å². The highest BCUT2D eigenvalue weighted by Gasteiger charge is 1.95. The lowest BCUT2D eigenvalue weighted by atomic mass is 10.5. The number of imidazole rings is 1.